The molecule has 5 nitrogen and oxygen atoms in total. The number of ether oxygens (including phenoxy) is 1. The van der Waals surface area contributed by atoms with Crippen molar-refractivity contribution in [2.24, 2.45) is 0 Å². The topological polar surface area (TPSA) is 75.6 Å². The van der Waals surface area contributed by atoms with Crippen molar-refractivity contribution in [3.05, 3.63) is 28.8 Å². The lowest BCUT2D eigenvalue weighted by molar-refractivity contribution is -0.137. The third-order valence-corrected chi connectivity index (χ3v) is 3.81. The molecule has 0 heterocycles. The van der Waals surface area contributed by atoms with E-state index in [2.05, 4.69) is 5.32 Å². The Morgan fingerprint density at radius 2 is 2.00 bits per heavy atom. The number of hydrogen-bond acceptors (Lipinski definition) is 3. The van der Waals surface area contributed by atoms with E-state index in [1.807, 2.05) is 26.8 Å². The summed E-state index contributed by atoms with van der Waals surface area (Å²) >= 11 is 5.95. The van der Waals surface area contributed by atoms with Crippen molar-refractivity contribution in [2.75, 3.05) is 6.61 Å². The Morgan fingerprint density at radius 3 is 2.61 bits per heavy atom. The van der Waals surface area contributed by atoms with Crippen LogP contribution in [0.25, 0.3) is 0 Å². The fourth-order valence-electron chi connectivity index (χ4n) is 2.05. The van der Waals surface area contributed by atoms with Gasteiger partial charge in [-0.1, -0.05) is 11.6 Å². The van der Waals surface area contributed by atoms with Crippen molar-refractivity contribution in [3.8, 4) is 5.75 Å². The van der Waals surface area contributed by atoms with E-state index >= 15 is 0 Å². The minimum Gasteiger partial charge on any atom is -0.494 e. The maximum atomic E-state index is 11.9. The molecule has 0 aromatic heterocycles. The highest BCUT2D eigenvalue weighted by Gasteiger charge is 2.21. The first kappa shape index (κ1) is 19.3. The van der Waals surface area contributed by atoms with Gasteiger partial charge in [0.15, 0.2) is 0 Å². The van der Waals surface area contributed by atoms with Gasteiger partial charge < -0.3 is 15.2 Å². The van der Waals surface area contributed by atoms with Crippen LogP contribution in [0.2, 0.25) is 5.02 Å². The van der Waals surface area contributed by atoms with E-state index in [9.17, 15) is 9.59 Å². The summed E-state index contributed by atoms with van der Waals surface area (Å²) in [7, 11) is 0. The number of nitrogens with one attached hydrogen (secondary N) is 1. The molecule has 1 aromatic carbocycles. The normalized spacial score (nSPS) is 11.1. The first-order chi connectivity index (χ1) is 10.7. The van der Waals surface area contributed by atoms with Gasteiger partial charge in [-0.05, 0) is 57.4 Å². The van der Waals surface area contributed by atoms with E-state index < -0.39 is 11.5 Å². The highest BCUT2D eigenvalue weighted by atomic mass is 35.5. The molecule has 0 atom stereocenters. The Balaban J connectivity index is 2.28. The zero-order chi connectivity index (χ0) is 17.5. The van der Waals surface area contributed by atoms with E-state index in [1.165, 1.54) is 0 Å². The molecule has 1 amide bonds. The van der Waals surface area contributed by atoms with Gasteiger partial charge in [-0.25, -0.2) is 0 Å². The van der Waals surface area contributed by atoms with E-state index in [0.717, 1.165) is 11.3 Å². The summed E-state index contributed by atoms with van der Waals surface area (Å²) in [6, 6.07) is 5.44. The van der Waals surface area contributed by atoms with Gasteiger partial charge in [-0.3, -0.25) is 9.59 Å². The Kier molecular flexibility index (Phi) is 7.36. The Bertz CT molecular complexity index is 558. The molecule has 0 spiro atoms. The second-order valence-electron chi connectivity index (χ2n) is 6.19. The van der Waals surface area contributed by atoms with Crippen molar-refractivity contribution in [2.45, 2.75) is 52.0 Å². The summed E-state index contributed by atoms with van der Waals surface area (Å²) in [6.07, 6.45) is 1.35. The molecule has 2 N–H and O–H groups in total. The van der Waals surface area contributed by atoms with Crippen LogP contribution in [0.5, 0.6) is 5.75 Å². The van der Waals surface area contributed by atoms with Gasteiger partial charge in [-0.2, -0.15) is 0 Å². The third-order valence-electron chi connectivity index (χ3n) is 3.39. The molecule has 23 heavy (non-hydrogen) atoms. The number of rotatable bonds is 9. The quantitative estimate of drug-likeness (QED) is 0.673. The first-order valence-electron chi connectivity index (χ1n) is 7.61. The number of aliphatic carboxylic acids is 1. The summed E-state index contributed by atoms with van der Waals surface area (Å²) in [6.45, 7) is 5.98. The molecule has 0 saturated heterocycles. The van der Waals surface area contributed by atoms with Gasteiger partial charge in [-0.15, -0.1) is 0 Å². The highest BCUT2D eigenvalue weighted by molar-refractivity contribution is 6.31. The zero-order valence-corrected chi connectivity index (χ0v) is 14.6. The fourth-order valence-corrected chi connectivity index (χ4v) is 2.17. The van der Waals surface area contributed by atoms with Crippen LogP contribution in [0.1, 0.15) is 45.1 Å². The number of halogens is 1. The molecule has 0 unspecified atom stereocenters. The van der Waals surface area contributed by atoms with Crippen LogP contribution in [0.3, 0.4) is 0 Å². The number of carboxylic acids is 1. The Morgan fingerprint density at radius 1 is 1.30 bits per heavy atom. The lowest BCUT2D eigenvalue weighted by Crippen LogP contribution is -2.43. The van der Waals surface area contributed by atoms with Gasteiger partial charge in [0.1, 0.15) is 5.75 Å². The minimum absolute atomic E-state index is 0.0340. The van der Waals surface area contributed by atoms with Crippen LogP contribution in [-0.2, 0) is 9.59 Å². The SMILES string of the molecule is Cc1cc(OCCCC(=O)NC(C)(C)CCC(=O)O)ccc1Cl. The molecule has 128 valence electrons. The molecule has 0 saturated carbocycles. The largest absolute Gasteiger partial charge is 0.494 e. The number of benzene rings is 1. The van der Waals surface area contributed by atoms with Crippen molar-refractivity contribution >= 4 is 23.5 Å². The summed E-state index contributed by atoms with van der Waals surface area (Å²) in [5.74, 6) is -0.232. The van der Waals surface area contributed by atoms with Crippen LogP contribution < -0.4 is 10.1 Å². The molecular weight excluding hydrogens is 318 g/mol. The van der Waals surface area contributed by atoms with Gasteiger partial charge in [0.05, 0.1) is 6.61 Å². The monoisotopic (exact) mass is 341 g/mol. The number of amides is 1. The fraction of sp³-hybridized carbons (Fsp3) is 0.529. The summed E-state index contributed by atoms with van der Waals surface area (Å²) in [4.78, 5) is 22.5. The van der Waals surface area contributed by atoms with Crippen molar-refractivity contribution < 1.29 is 19.4 Å². The third kappa shape index (κ3) is 7.88. The second-order valence-corrected chi connectivity index (χ2v) is 6.60. The van der Waals surface area contributed by atoms with Gasteiger partial charge in [0.2, 0.25) is 5.91 Å². The lowest BCUT2D eigenvalue weighted by atomic mass is 9.98. The molecule has 1 rings (SSSR count). The van der Waals surface area contributed by atoms with Crippen molar-refractivity contribution in [1.82, 2.24) is 5.32 Å². The number of hydrogen-bond donors (Lipinski definition) is 2. The maximum Gasteiger partial charge on any atom is 0.303 e. The van der Waals surface area contributed by atoms with E-state index in [0.29, 0.717) is 30.9 Å². The van der Waals surface area contributed by atoms with Crippen LogP contribution >= 0.6 is 11.6 Å². The predicted molar refractivity (Wildman–Crippen MR) is 90.0 cm³/mol. The molecule has 0 fully saturated rings. The number of aryl methyl sites for hydroxylation is 1. The number of carboxylic acid groups (broad SMARTS) is 1. The smallest absolute Gasteiger partial charge is 0.303 e. The molecular formula is C17H24ClNO4. The zero-order valence-electron chi connectivity index (χ0n) is 13.8. The van der Waals surface area contributed by atoms with Crippen LogP contribution in [0.15, 0.2) is 18.2 Å². The van der Waals surface area contributed by atoms with Crippen LogP contribution in [-0.4, -0.2) is 29.1 Å². The van der Waals surface area contributed by atoms with E-state index in [-0.39, 0.29) is 12.3 Å². The minimum atomic E-state index is -0.862. The van der Waals surface area contributed by atoms with E-state index in [1.54, 1.807) is 12.1 Å². The number of carbonyl (C=O) groups excluding carboxylic acids is 1. The molecule has 1 aromatic rings. The average molecular weight is 342 g/mol. The molecule has 0 aliphatic heterocycles. The molecule has 6 heteroatoms. The molecule has 0 radical (unpaired) electrons. The van der Waals surface area contributed by atoms with Crippen molar-refractivity contribution in [3.63, 3.8) is 0 Å². The average Bonchev–Trinajstić information content (AvgIpc) is 2.45. The Hall–Kier alpha value is -1.75. The summed E-state index contributed by atoms with van der Waals surface area (Å²) in [5, 5.41) is 12.2. The summed E-state index contributed by atoms with van der Waals surface area (Å²) in [5.41, 5.74) is 0.422. The standard InChI is InChI=1S/C17H24ClNO4/c1-12-11-13(6-7-14(12)18)23-10-4-5-15(20)19-17(2,3)9-8-16(21)22/h6-7,11H,4-5,8-10H2,1-3H3,(H,19,20)(H,21,22). The highest BCUT2D eigenvalue weighted by Crippen LogP contribution is 2.21. The first-order valence-corrected chi connectivity index (χ1v) is 7.99. The lowest BCUT2D eigenvalue weighted by Gasteiger charge is -2.25. The number of carbonyl (C=O) groups is 2. The molecule has 0 bridgehead atoms. The van der Waals surface area contributed by atoms with Crippen molar-refractivity contribution in [1.29, 1.82) is 0 Å². The van der Waals surface area contributed by atoms with Gasteiger partial charge >= 0.3 is 5.97 Å². The van der Waals surface area contributed by atoms with Crippen LogP contribution in [0, 0.1) is 6.92 Å². The van der Waals surface area contributed by atoms with Crippen LogP contribution in [0.4, 0.5) is 0 Å². The predicted octanol–water partition coefficient (Wildman–Crippen LogP) is 3.57. The summed E-state index contributed by atoms with van der Waals surface area (Å²) < 4.78 is 5.58. The van der Waals surface area contributed by atoms with E-state index in [4.69, 9.17) is 21.4 Å². The maximum absolute atomic E-state index is 11.9. The second kappa shape index (κ2) is 8.77. The van der Waals surface area contributed by atoms with Gasteiger partial charge in [0.25, 0.3) is 0 Å². The molecule has 0 aliphatic carbocycles. The van der Waals surface area contributed by atoms with Gasteiger partial charge in [0, 0.05) is 23.4 Å². The Labute approximate surface area is 142 Å². The molecule has 0 aliphatic rings.